The Morgan fingerprint density at radius 3 is 2.40 bits per heavy atom. The van der Waals surface area contributed by atoms with Gasteiger partial charge in [0.25, 0.3) is 0 Å². The topological polar surface area (TPSA) is 12.5 Å². The summed E-state index contributed by atoms with van der Waals surface area (Å²) in [4.78, 5) is 2.45. The van der Waals surface area contributed by atoms with Gasteiger partial charge in [-0.3, -0.25) is 0 Å². The largest absolute Gasteiger partial charge is 0.497 e. The minimum absolute atomic E-state index is 0.630. The number of rotatable bonds is 3. The monoisotopic (exact) mass is 331 g/mol. The molecule has 0 N–H and O–H groups in total. The number of hydrogen-bond acceptors (Lipinski definition) is 2. The van der Waals surface area contributed by atoms with Crippen molar-refractivity contribution in [3.05, 3.63) is 58.6 Å². The number of methoxy groups -OCH3 is 1. The van der Waals surface area contributed by atoms with Crippen LogP contribution in [0.4, 0.5) is 5.69 Å². The van der Waals surface area contributed by atoms with Crippen molar-refractivity contribution in [1.29, 1.82) is 0 Å². The van der Waals surface area contributed by atoms with Crippen molar-refractivity contribution in [3.8, 4) is 5.75 Å². The first-order chi connectivity index (χ1) is 9.76. The van der Waals surface area contributed by atoms with Crippen molar-refractivity contribution in [2.24, 2.45) is 0 Å². The Kier molecular flexibility index (Phi) is 3.97. The maximum absolute atomic E-state index is 5.21. The van der Waals surface area contributed by atoms with Crippen molar-refractivity contribution in [3.63, 3.8) is 0 Å². The number of benzene rings is 2. The molecular formula is C17H18BrNO. The molecule has 0 saturated carbocycles. The lowest BCUT2D eigenvalue weighted by atomic mass is 9.99. The summed E-state index contributed by atoms with van der Waals surface area (Å²) in [5.41, 5.74) is 2.72. The number of nitrogens with zero attached hydrogens (tertiary/aromatic N) is 1. The van der Waals surface area contributed by atoms with Crippen LogP contribution in [0.1, 0.15) is 17.9 Å². The van der Waals surface area contributed by atoms with Crippen LogP contribution in [0, 0.1) is 0 Å². The van der Waals surface area contributed by atoms with Crippen LogP contribution in [0.3, 0.4) is 0 Å². The summed E-state index contributed by atoms with van der Waals surface area (Å²) in [6.45, 7) is 2.21. The standard InChI is InChI=1S/C17H18BrNO/c1-20-17-8-6-16(7-9-17)19-11-10-14(12-19)13-2-4-15(18)5-3-13/h2-9,14H,10-12H2,1H3. The highest BCUT2D eigenvalue weighted by molar-refractivity contribution is 9.10. The van der Waals surface area contributed by atoms with Crippen LogP contribution in [0.2, 0.25) is 0 Å². The summed E-state index contributed by atoms with van der Waals surface area (Å²) >= 11 is 3.49. The van der Waals surface area contributed by atoms with Crippen molar-refractivity contribution in [2.75, 3.05) is 25.1 Å². The number of halogens is 1. The van der Waals surface area contributed by atoms with E-state index < -0.39 is 0 Å². The molecule has 1 heterocycles. The Hall–Kier alpha value is -1.48. The van der Waals surface area contributed by atoms with Gasteiger partial charge in [0.1, 0.15) is 5.75 Å². The van der Waals surface area contributed by atoms with Gasteiger partial charge < -0.3 is 9.64 Å². The molecule has 1 atom stereocenters. The van der Waals surface area contributed by atoms with Crippen LogP contribution >= 0.6 is 15.9 Å². The second-order valence-corrected chi connectivity index (χ2v) is 6.10. The highest BCUT2D eigenvalue weighted by Gasteiger charge is 2.23. The number of anilines is 1. The summed E-state index contributed by atoms with van der Waals surface area (Å²) in [6, 6.07) is 17.1. The van der Waals surface area contributed by atoms with Gasteiger partial charge in [-0.1, -0.05) is 28.1 Å². The minimum Gasteiger partial charge on any atom is -0.497 e. The Labute approximate surface area is 128 Å². The molecule has 2 nitrogen and oxygen atoms in total. The van der Waals surface area contributed by atoms with Crippen molar-refractivity contribution in [2.45, 2.75) is 12.3 Å². The van der Waals surface area contributed by atoms with E-state index in [9.17, 15) is 0 Å². The van der Waals surface area contributed by atoms with Gasteiger partial charge in [-0.15, -0.1) is 0 Å². The van der Waals surface area contributed by atoms with Gasteiger partial charge in [0.05, 0.1) is 7.11 Å². The average molecular weight is 332 g/mol. The fourth-order valence-electron chi connectivity index (χ4n) is 2.79. The third-order valence-electron chi connectivity index (χ3n) is 3.97. The van der Waals surface area contributed by atoms with Crippen LogP contribution < -0.4 is 9.64 Å². The first-order valence-electron chi connectivity index (χ1n) is 6.91. The van der Waals surface area contributed by atoms with Crippen LogP contribution in [-0.4, -0.2) is 20.2 Å². The van der Waals surface area contributed by atoms with Gasteiger partial charge in [-0.25, -0.2) is 0 Å². The molecule has 0 radical (unpaired) electrons. The fraction of sp³-hybridized carbons (Fsp3) is 0.294. The second kappa shape index (κ2) is 5.88. The highest BCUT2D eigenvalue weighted by Crippen LogP contribution is 2.31. The molecule has 0 aromatic heterocycles. The van der Waals surface area contributed by atoms with E-state index >= 15 is 0 Å². The predicted molar refractivity (Wildman–Crippen MR) is 86.7 cm³/mol. The lowest BCUT2D eigenvalue weighted by molar-refractivity contribution is 0.415. The minimum atomic E-state index is 0.630. The first kappa shape index (κ1) is 13.5. The highest BCUT2D eigenvalue weighted by atomic mass is 79.9. The molecule has 104 valence electrons. The van der Waals surface area contributed by atoms with E-state index in [1.54, 1.807) is 7.11 Å². The zero-order chi connectivity index (χ0) is 13.9. The quantitative estimate of drug-likeness (QED) is 0.823. The molecule has 1 fully saturated rings. The Bertz CT molecular complexity index is 565. The normalized spacial score (nSPS) is 18.3. The van der Waals surface area contributed by atoms with Crippen molar-refractivity contribution < 1.29 is 4.74 Å². The smallest absolute Gasteiger partial charge is 0.119 e. The third kappa shape index (κ3) is 2.83. The van der Waals surface area contributed by atoms with Crippen LogP contribution in [-0.2, 0) is 0 Å². The summed E-state index contributed by atoms with van der Waals surface area (Å²) in [7, 11) is 1.70. The van der Waals surface area contributed by atoms with Crippen LogP contribution in [0.25, 0.3) is 0 Å². The molecule has 0 amide bonds. The molecule has 20 heavy (non-hydrogen) atoms. The van der Waals surface area contributed by atoms with E-state index in [0.717, 1.165) is 23.3 Å². The van der Waals surface area contributed by atoms with Gasteiger partial charge in [0, 0.05) is 29.2 Å². The third-order valence-corrected chi connectivity index (χ3v) is 4.50. The molecule has 1 unspecified atom stereocenters. The van der Waals surface area contributed by atoms with Crippen LogP contribution in [0.15, 0.2) is 53.0 Å². The maximum Gasteiger partial charge on any atom is 0.119 e. The molecule has 2 aromatic rings. The molecule has 1 aliphatic rings. The van der Waals surface area contributed by atoms with E-state index in [-0.39, 0.29) is 0 Å². The van der Waals surface area contributed by atoms with E-state index in [2.05, 4.69) is 57.2 Å². The SMILES string of the molecule is COc1ccc(N2CCC(c3ccc(Br)cc3)C2)cc1. The van der Waals surface area contributed by atoms with Gasteiger partial charge >= 0.3 is 0 Å². The maximum atomic E-state index is 5.21. The van der Waals surface area contributed by atoms with Crippen molar-refractivity contribution in [1.82, 2.24) is 0 Å². The summed E-state index contributed by atoms with van der Waals surface area (Å²) < 4.78 is 6.36. The Balaban J connectivity index is 1.71. The van der Waals surface area contributed by atoms with E-state index in [1.807, 2.05) is 12.1 Å². The summed E-state index contributed by atoms with van der Waals surface area (Å²) in [6.07, 6.45) is 1.22. The fourth-order valence-corrected chi connectivity index (χ4v) is 3.06. The van der Waals surface area contributed by atoms with Crippen LogP contribution in [0.5, 0.6) is 5.75 Å². The molecule has 2 aromatic carbocycles. The van der Waals surface area contributed by atoms with E-state index in [0.29, 0.717) is 5.92 Å². The molecule has 1 aliphatic heterocycles. The van der Waals surface area contributed by atoms with Gasteiger partial charge in [-0.2, -0.15) is 0 Å². The van der Waals surface area contributed by atoms with Crippen molar-refractivity contribution >= 4 is 21.6 Å². The molecule has 0 aliphatic carbocycles. The molecule has 3 rings (SSSR count). The Morgan fingerprint density at radius 1 is 1.05 bits per heavy atom. The summed E-state index contributed by atoms with van der Waals surface area (Å²) in [5, 5.41) is 0. The number of hydrogen-bond donors (Lipinski definition) is 0. The zero-order valence-corrected chi connectivity index (χ0v) is 13.1. The van der Waals surface area contributed by atoms with Gasteiger partial charge in [0.2, 0.25) is 0 Å². The molecule has 3 heteroatoms. The molecular weight excluding hydrogens is 314 g/mol. The van der Waals surface area contributed by atoms with Gasteiger partial charge in [-0.05, 0) is 48.4 Å². The summed E-state index contributed by atoms with van der Waals surface area (Å²) in [5.74, 6) is 1.54. The predicted octanol–water partition coefficient (Wildman–Crippen LogP) is 4.45. The molecule has 1 saturated heterocycles. The Morgan fingerprint density at radius 2 is 1.75 bits per heavy atom. The molecule has 0 spiro atoms. The first-order valence-corrected chi connectivity index (χ1v) is 7.70. The average Bonchev–Trinajstić information content (AvgIpc) is 2.98. The van der Waals surface area contributed by atoms with E-state index in [4.69, 9.17) is 4.74 Å². The number of ether oxygens (including phenoxy) is 1. The lowest BCUT2D eigenvalue weighted by Gasteiger charge is -2.19. The lowest BCUT2D eigenvalue weighted by Crippen LogP contribution is -2.18. The second-order valence-electron chi connectivity index (χ2n) is 5.18. The zero-order valence-electron chi connectivity index (χ0n) is 11.6. The van der Waals surface area contributed by atoms with Gasteiger partial charge in [0.15, 0.2) is 0 Å². The molecule has 0 bridgehead atoms. The van der Waals surface area contributed by atoms with E-state index in [1.165, 1.54) is 17.7 Å².